The van der Waals surface area contributed by atoms with Gasteiger partial charge in [-0.25, -0.2) is 24.3 Å². The molecule has 0 aromatic carbocycles. The van der Waals surface area contributed by atoms with Crippen LogP contribution < -0.4 is 0 Å². The molecule has 2 rings (SSSR count). The number of allylic oxidation sites excluding steroid dienone is 8. The zero-order valence-electron chi connectivity index (χ0n) is 15.4. The zero-order chi connectivity index (χ0) is 15.4. The van der Waals surface area contributed by atoms with E-state index in [1.165, 1.54) is 0 Å². The quantitative estimate of drug-likeness (QED) is 0.358. The van der Waals surface area contributed by atoms with E-state index in [0.717, 1.165) is 12.8 Å². The van der Waals surface area contributed by atoms with E-state index in [9.17, 15) is 0 Å². The molecular formula is C17H31HfSi4-3. The van der Waals surface area contributed by atoms with Gasteiger partial charge in [-0.05, 0) is 0 Å². The first-order chi connectivity index (χ1) is 9.46. The molecule has 0 saturated carbocycles. The second-order valence-electron chi connectivity index (χ2n) is 5.38. The third-order valence-corrected chi connectivity index (χ3v) is 41.7. The number of hydrogen-bond acceptors (Lipinski definition) is 0. The van der Waals surface area contributed by atoms with Crippen molar-refractivity contribution in [3.63, 3.8) is 0 Å². The molecule has 0 heterocycles. The van der Waals surface area contributed by atoms with Crippen LogP contribution in [-0.2, 0) is 25.8 Å². The summed E-state index contributed by atoms with van der Waals surface area (Å²) < 4.78 is 0. The van der Waals surface area contributed by atoms with Gasteiger partial charge in [-0.1, -0.05) is 39.3 Å². The van der Waals surface area contributed by atoms with Crippen molar-refractivity contribution in [2.45, 2.75) is 52.1 Å². The fourth-order valence-electron chi connectivity index (χ4n) is 2.18. The maximum atomic E-state index is 2.99. The Hall–Kier alpha value is 0.698. The van der Waals surface area contributed by atoms with Crippen LogP contribution in [0.15, 0.2) is 36.5 Å². The normalized spacial score (nSPS) is 13.7. The van der Waals surface area contributed by atoms with E-state index in [-0.39, 0.29) is 65.6 Å². The summed E-state index contributed by atoms with van der Waals surface area (Å²) in [6.07, 6.45) is 20.0. The van der Waals surface area contributed by atoms with Crippen LogP contribution >= 0.6 is 0 Å². The fourth-order valence-corrected chi connectivity index (χ4v) is 41.2. The molecule has 122 valence electrons. The monoisotopic (exact) mass is 527 g/mol. The molecule has 2 aliphatic rings. The van der Waals surface area contributed by atoms with Crippen molar-refractivity contribution in [1.82, 2.24) is 0 Å². The van der Waals surface area contributed by atoms with Gasteiger partial charge < -0.3 is 7.43 Å². The second-order valence-corrected chi connectivity index (χ2v) is 30.1. The molecule has 0 unspecified atom stereocenters. The van der Waals surface area contributed by atoms with Crippen LogP contribution in [0.4, 0.5) is 0 Å². The van der Waals surface area contributed by atoms with Gasteiger partial charge in [0.05, 0.1) is 0 Å². The SMILES string of the molecule is C[Si](C)[Si]([Si](C)C)[Si](C)C.[C-]1=CC=CC1.[C-]1=CC=CC1.[CH3-].[Hf]. The molecule has 5 heteroatoms. The van der Waals surface area contributed by atoms with Crippen molar-refractivity contribution in [2.24, 2.45) is 0 Å². The molecule has 2 aliphatic carbocycles. The van der Waals surface area contributed by atoms with Gasteiger partial charge in [-0.3, -0.25) is 12.2 Å². The van der Waals surface area contributed by atoms with Gasteiger partial charge in [0.2, 0.25) is 0 Å². The molecular weight excluding hydrogens is 495 g/mol. The van der Waals surface area contributed by atoms with E-state index in [2.05, 4.69) is 63.6 Å². The van der Waals surface area contributed by atoms with E-state index >= 15 is 0 Å². The van der Waals surface area contributed by atoms with Crippen molar-refractivity contribution in [3.8, 4) is 0 Å². The third kappa shape index (κ3) is 15.6. The standard InChI is InChI=1S/C6H18Si4.2C5H5.CH3.Hf/c1-7(2)10(8(3)4)9(5)6;2*1-2-4-5-3-1;;/h1-6H3;2*1-3H,4H2;1H3;/q;3*-1;. The molecule has 0 N–H and O–H groups in total. The Kier molecular flexibility index (Phi) is 22.6. The van der Waals surface area contributed by atoms with Crippen LogP contribution in [0.3, 0.4) is 0 Å². The predicted molar refractivity (Wildman–Crippen MR) is 108 cm³/mol. The summed E-state index contributed by atoms with van der Waals surface area (Å²) in [5.74, 6) is 0. The van der Waals surface area contributed by atoms with Crippen molar-refractivity contribution < 1.29 is 25.8 Å². The maximum absolute atomic E-state index is 2.99. The first-order valence-corrected chi connectivity index (χ1v) is 19.2. The Bertz CT molecular complexity index is 284. The minimum absolute atomic E-state index is 0. The Morgan fingerprint density at radius 2 is 1.00 bits per heavy atom. The minimum atomic E-state index is 0. The van der Waals surface area contributed by atoms with Gasteiger partial charge in [0.1, 0.15) is 0 Å². The average Bonchev–Trinajstić information content (AvgIpc) is 3.07. The Morgan fingerprint density at radius 3 is 1.05 bits per heavy atom. The van der Waals surface area contributed by atoms with E-state index in [1.54, 1.807) is 0 Å². The molecule has 0 atom stereocenters. The molecule has 0 aromatic heterocycles. The van der Waals surface area contributed by atoms with Gasteiger partial charge in [0.15, 0.2) is 0 Å². The summed E-state index contributed by atoms with van der Waals surface area (Å²) in [5, 5.41) is 0. The van der Waals surface area contributed by atoms with Crippen LogP contribution in [-0.4, -0.2) is 32.3 Å². The van der Waals surface area contributed by atoms with Gasteiger partial charge in [-0.15, -0.1) is 12.8 Å². The molecule has 0 fully saturated rings. The summed E-state index contributed by atoms with van der Waals surface area (Å²) >= 11 is 0. The summed E-state index contributed by atoms with van der Waals surface area (Å²) in [6, 6.07) is 0. The molecule has 4 radical (unpaired) electrons. The Labute approximate surface area is 165 Å². The smallest absolute Gasteiger partial charge is 0.0250 e. The second kappa shape index (κ2) is 18.0. The van der Waals surface area contributed by atoms with Crippen molar-refractivity contribution in [2.75, 3.05) is 0 Å². The summed E-state index contributed by atoms with van der Waals surface area (Å²) in [5.41, 5.74) is 0. The molecule has 0 amide bonds. The van der Waals surface area contributed by atoms with Crippen molar-refractivity contribution in [3.05, 3.63) is 56.0 Å². The maximum Gasteiger partial charge on any atom is 0.0250 e. The van der Waals surface area contributed by atoms with Gasteiger partial charge in [0, 0.05) is 58.1 Å². The zero-order valence-corrected chi connectivity index (χ0v) is 23.0. The Morgan fingerprint density at radius 1 is 0.682 bits per heavy atom. The summed E-state index contributed by atoms with van der Waals surface area (Å²) in [6.45, 7) is 15.1. The van der Waals surface area contributed by atoms with Crippen LogP contribution in [0.25, 0.3) is 0 Å². The first-order valence-electron chi connectivity index (χ1n) is 7.18. The predicted octanol–water partition coefficient (Wildman–Crippen LogP) is 5.04. The summed E-state index contributed by atoms with van der Waals surface area (Å²) in [7, 11) is 0.571. The molecule has 0 nitrogen and oxygen atoms in total. The van der Waals surface area contributed by atoms with Crippen LogP contribution in [0.1, 0.15) is 12.8 Å². The van der Waals surface area contributed by atoms with E-state index in [4.69, 9.17) is 0 Å². The van der Waals surface area contributed by atoms with Crippen LogP contribution in [0.2, 0.25) is 39.3 Å². The third-order valence-electron chi connectivity index (χ3n) is 2.67. The molecule has 0 aliphatic heterocycles. The molecule has 22 heavy (non-hydrogen) atoms. The number of hydrogen-bond donors (Lipinski definition) is 0. The molecule has 0 aromatic rings. The van der Waals surface area contributed by atoms with E-state index in [0.29, 0.717) is 0 Å². The fraction of sp³-hybridized carbons (Fsp3) is 0.471. The minimum Gasteiger partial charge on any atom is -0.358 e. The largest absolute Gasteiger partial charge is 0.358 e. The van der Waals surface area contributed by atoms with E-state index in [1.807, 2.05) is 24.3 Å². The van der Waals surface area contributed by atoms with Crippen molar-refractivity contribution >= 4 is 32.3 Å². The van der Waals surface area contributed by atoms with Gasteiger partial charge in [-0.2, -0.15) is 12.2 Å². The molecule has 0 bridgehead atoms. The van der Waals surface area contributed by atoms with Crippen LogP contribution in [0, 0.1) is 19.6 Å². The first kappa shape index (κ1) is 27.5. The summed E-state index contributed by atoms with van der Waals surface area (Å²) in [4.78, 5) is 0. The van der Waals surface area contributed by atoms with Crippen molar-refractivity contribution in [1.29, 1.82) is 0 Å². The van der Waals surface area contributed by atoms with Crippen LogP contribution in [0.5, 0.6) is 0 Å². The van der Waals surface area contributed by atoms with Gasteiger partial charge in [0.25, 0.3) is 0 Å². The molecule has 0 saturated heterocycles. The topological polar surface area (TPSA) is 0 Å². The average molecular weight is 526 g/mol. The number of rotatable bonds is 3. The Balaban J connectivity index is -0.000000254. The van der Waals surface area contributed by atoms with Gasteiger partial charge >= 0.3 is 0 Å². The molecule has 0 spiro atoms. The van der Waals surface area contributed by atoms with E-state index < -0.39 is 0 Å².